The Balaban J connectivity index is 1.84. The van der Waals surface area contributed by atoms with Gasteiger partial charge in [0.05, 0.1) is 13.2 Å². The van der Waals surface area contributed by atoms with E-state index in [1.807, 2.05) is 35.6 Å². The molecule has 0 bridgehead atoms. The van der Waals surface area contributed by atoms with Crippen molar-refractivity contribution in [3.05, 3.63) is 56.2 Å². The summed E-state index contributed by atoms with van der Waals surface area (Å²) in [4.78, 5) is 2.71. The summed E-state index contributed by atoms with van der Waals surface area (Å²) in [6.45, 7) is 8.69. The smallest absolute Gasteiger partial charge is 0.0732 e. The molecule has 114 valence electrons. The highest BCUT2D eigenvalue weighted by Gasteiger charge is 2.06. The second-order valence-corrected chi connectivity index (χ2v) is 7.23. The summed E-state index contributed by atoms with van der Waals surface area (Å²) in [6, 6.07) is 10.5. The van der Waals surface area contributed by atoms with Gasteiger partial charge < -0.3 is 10.1 Å². The second kappa shape index (κ2) is 7.95. The monoisotopic (exact) mass is 323 g/mol. The molecular weight excluding hydrogens is 302 g/mol. The first kappa shape index (κ1) is 16.5. The summed E-state index contributed by atoms with van der Waals surface area (Å²) in [6.07, 6.45) is 0. The summed E-state index contributed by atoms with van der Waals surface area (Å²) in [5.41, 5.74) is 2.43. The van der Waals surface area contributed by atoms with Gasteiger partial charge in [0.1, 0.15) is 0 Å². The van der Waals surface area contributed by atoms with E-state index in [0.29, 0.717) is 19.3 Å². The van der Waals surface area contributed by atoms with Crippen LogP contribution >= 0.6 is 22.9 Å². The zero-order valence-electron chi connectivity index (χ0n) is 12.8. The van der Waals surface area contributed by atoms with Crippen LogP contribution in [0, 0.1) is 6.92 Å². The number of aryl methyl sites for hydroxylation is 1. The molecule has 1 aromatic heterocycles. The third kappa shape index (κ3) is 5.44. The minimum absolute atomic E-state index is 0.511. The number of thiophene rings is 1. The van der Waals surface area contributed by atoms with E-state index < -0.39 is 0 Å². The van der Waals surface area contributed by atoms with Gasteiger partial charge >= 0.3 is 0 Å². The van der Waals surface area contributed by atoms with Crippen molar-refractivity contribution in [1.82, 2.24) is 5.32 Å². The van der Waals surface area contributed by atoms with Gasteiger partial charge in [-0.05, 0) is 36.2 Å². The predicted octanol–water partition coefficient (Wildman–Crippen LogP) is 4.92. The molecule has 0 aliphatic rings. The van der Waals surface area contributed by atoms with Crippen molar-refractivity contribution in [2.45, 2.75) is 46.6 Å². The molecule has 0 spiro atoms. The van der Waals surface area contributed by atoms with E-state index in [-0.39, 0.29) is 0 Å². The molecule has 0 atom stereocenters. The Morgan fingerprint density at radius 1 is 1.19 bits per heavy atom. The molecule has 0 fully saturated rings. The Kier molecular flexibility index (Phi) is 6.24. The number of nitrogens with one attached hydrogen (secondary N) is 1. The Morgan fingerprint density at radius 2 is 1.90 bits per heavy atom. The van der Waals surface area contributed by atoms with Crippen molar-refractivity contribution in [2.24, 2.45) is 0 Å². The molecule has 0 unspecified atom stereocenters. The van der Waals surface area contributed by atoms with Gasteiger partial charge in [0.2, 0.25) is 0 Å². The summed E-state index contributed by atoms with van der Waals surface area (Å²) in [7, 11) is 0. The van der Waals surface area contributed by atoms with Gasteiger partial charge in [-0.2, -0.15) is 0 Å². The normalized spacial score (nSPS) is 11.3. The summed E-state index contributed by atoms with van der Waals surface area (Å²) in [5, 5.41) is 4.21. The van der Waals surface area contributed by atoms with Crippen molar-refractivity contribution in [2.75, 3.05) is 0 Å². The van der Waals surface area contributed by atoms with Crippen molar-refractivity contribution < 1.29 is 4.74 Å². The Morgan fingerprint density at radius 3 is 2.57 bits per heavy atom. The van der Waals surface area contributed by atoms with Gasteiger partial charge in [-0.1, -0.05) is 37.6 Å². The van der Waals surface area contributed by atoms with Gasteiger partial charge in [-0.25, -0.2) is 0 Å². The first-order valence-electron chi connectivity index (χ1n) is 7.18. The average molecular weight is 324 g/mol. The Hall–Kier alpha value is -0.870. The van der Waals surface area contributed by atoms with E-state index in [4.69, 9.17) is 16.3 Å². The van der Waals surface area contributed by atoms with E-state index in [0.717, 1.165) is 17.1 Å². The molecule has 0 saturated carbocycles. The molecule has 0 aliphatic carbocycles. The van der Waals surface area contributed by atoms with Crippen LogP contribution < -0.4 is 5.32 Å². The highest BCUT2D eigenvalue weighted by atomic mass is 35.5. The third-order valence-corrected chi connectivity index (χ3v) is 4.54. The maximum atomic E-state index is 5.87. The molecule has 0 saturated heterocycles. The quantitative estimate of drug-likeness (QED) is 0.780. The Labute approximate surface area is 136 Å². The fourth-order valence-electron chi connectivity index (χ4n) is 1.98. The number of halogens is 1. The van der Waals surface area contributed by atoms with E-state index in [9.17, 15) is 0 Å². The predicted molar refractivity (Wildman–Crippen MR) is 91.0 cm³/mol. The van der Waals surface area contributed by atoms with Gasteiger partial charge in [0.15, 0.2) is 0 Å². The number of hydrogen-bond acceptors (Lipinski definition) is 3. The lowest BCUT2D eigenvalue weighted by atomic mass is 10.2. The van der Waals surface area contributed by atoms with Crippen LogP contribution in [0.1, 0.15) is 34.7 Å². The molecule has 1 N–H and O–H groups in total. The van der Waals surface area contributed by atoms with Crippen molar-refractivity contribution in [3.63, 3.8) is 0 Å². The van der Waals surface area contributed by atoms with Crippen molar-refractivity contribution in [3.8, 4) is 0 Å². The maximum Gasteiger partial charge on any atom is 0.0732 e. The first-order chi connectivity index (χ1) is 10.0. The first-order valence-corrected chi connectivity index (χ1v) is 8.38. The zero-order chi connectivity index (χ0) is 15.2. The summed E-state index contributed by atoms with van der Waals surface area (Å²) >= 11 is 7.72. The fraction of sp³-hybridized carbons (Fsp3) is 0.412. The molecule has 2 nitrogen and oxygen atoms in total. The minimum Gasteiger partial charge on any atom is -0.372 e. The van der Waals surface area contributed by atoms with Gasteiger partial charge in [0.25, 0.3) is 0 Å². The van der Waals surface area contributed by atoms with Gasteiger partial charge in [-0.3, -0.25) is 0 Å². The van der Waals surface area contributed by atoms with E-state index in [1.54, 1.807) is 0 Å². The van der Waals surface area contributed by atoms with E-state index in [1.165, 1.54) is 15.3 Å². The maximum absolute atomic E-state index is 5.87. The summed E-state index contributed by atoms with van der Waals surface area (Å²) < 4.78 is 5.81. The lowest BCUT2D eigenvalue weighted by molar-refractivity contribution is 0.107. The van der Waals surface area contributed by atoms with Crippen molar-refractivity contribution in [1.29, 1.82) is 0 Å². The molecule has 0 aliphatic heterocycles. The molecule has 0 radical (unpaired) electrons. The lowest BCUT2D eigenvalue weighted by Gasteiger charge is -2.05. The molecule has 21 heavy (non-hydrogen) atoms. The topological polar surface area (TPSA) is 21.3 Å². The molecule has 0 amide bonds. The van der Waals surface area contributed by atoms with Crippen LogP contribution in [0.4, 0.5) is 0 Å². The van der Waals surface area contributed by atoms with Crippen LogP contribution in [0.3, 0.4) is 0 Å². The van der Waals surface area contributed by atoms with Crippen LogP contribution in [0.5, 0.6) is 0 Å². The molecule has 1 aromatic carbocycles. The molecular formula is C17H22ClNOS. The highest BCUT2D eigenvalue weighted by molar-refractivity contribution is 7.12. The standard InChI is InChI=1S/C17H22ClNOS/c1-12(2)19-9-17-8-15(13(3)21-17)11-20-10-14-4-6-16(18)7-5-14/h4-8,12,19H,9-11H2,1-3H3. The Bertz CT molecular complexity index is 563. The number of benzene rings is 1. The van der Waals surface area contributed by atoms with Crippen LogP contribution in [0.25, 0.3) is 0 Å². The van der Waals surface area contributed by atoms with Crippen LogP contribution in [-0.4, -0.2) is 6.04 Å². The highest BCUT2D eigenvalue weighted by Crippen LogP contribution is 2.23. The van der Waals surface area contributed by atoms with E-state index in [2.05, 4.69) is 32.2 Å². The zero-order valence-corrected chi connectivity index (χ0v) is 14.4. The van der Waals surface area contributed by atoms with Crippen LogP contribution in [0.2, 0.25) is 5.02 Å². The largest absolute Gasteiger partial charge is 0.372 e. The lowest BCUT2D eigenvalue weighted by Crippen LogP contribution is -2.21. The second-order valence-electron chi connectivity index (χ2n) is 5.45. The fourth-order valence-corrected chi connectivity index (χ4v) is 3.11. The third-order valence-electron chi connectivity index (χ3n) is 3.20. The number of hydrogen-bond donors (Lipinski definition) is 1. The average Bonchev–Trinajstić information content (AvgIpc) is 2.79. The SMILES string of the molecule is Cc1sc(CNC(C)C)cc1COCc1ccc(Cl)cc1. The van der Waals surface area contributed by atoms with Gasteiger partial charge in [0, 0.05) is 27.4 Å². The molecule has 2 rings (SSSR count). The molecule has 1 heterocycles. The molecule has 4 heteroatoms. The van der Waals surface area contributed by atoms with Gasteiger partial charge in [-0.15, -0.1) is 11.3 Å². The summed E-state index contributed by atoms with van der Waals surface area (Å²) in [5.74, 6) is 0. The molecule has 2 aromatic rings. The number of rotatable bonds is 7. The van der Waals surface area contributed by atoms with Crippen molar-refractivity contribution >= 4 is 22.9 Å². The van der Waals surface area contributed by atoms with Crippen LogP contribution in [-0.2, 0) is 24.5 Å². The number of ether oxygens (including phenoxy) is 1. The van der Waals surface area contributed by atoms with E-state index >= 15 is 0 Å². The van der Waals surface area contributed by atoms with Crippen LogP contribution in [0.15, 0.2) is 30.3 Å². The minimum atomic E-state index is 0.511.